The maximum atomic E-state index is 12.2. The maximum Gasteiger partial charge on any atom is 0.252 e. The van der Waals surface area contributed by atoms with E-state index in [4.69, 9.17) is 21.1 Å². The first kappa shape index (κ1) is 15.2. The molecule has 1 amide bonds. The number of fused-ring (bicyclic) bond motifs is 1. The quantitative estimate of drug-likeness (QED) is 0.928. The van der Waals surface area contributed by atoms with Gasteiger partial charge in [0.15, 0.2) is 11.5 Å². The molecule has 0 atom stereocenters. The minimum Gasteiger partial charge on any atom is -0.486 e. The van der Waals surface area contributed by atoms with Gasteiger partial charge in [0.2, 0.25) is 0 Å². The highest BCUT2D eigenvalue weighted by Crippen LogP contribution is 2.38. The fourth-order valence-corrected chi connectivity index (χ4v) is 3.61. The summed E-state index contributed by atoms with van der Waals surface area (Å²) in [5, 5.41) is 3.42. The van der Waals surface area contributed by atoms with Crippen LogP contribution in [0.3, 0.4) is 0 Å². The average Bonchev–Trinajstić information content (AvgIpc) is 2.84. The molecule has 1 aromatic carbocycles. The summed E-state index contributed by atoms with van der Waals surface area (Å²) in [6.07, 6.45) is 0. The number of ether oxygens (including phenoxy) is 2. The molecule has 0 radical (unpaired) electrons. The van der Waals surface area contributed by atoms with Gasteiger partial charge >= 0.3 is 0 Å². The van der Waals surface area contributed by atoms with E-state index in [0.29, 0.717) is 36.3 Å². The molecule has 0 saturated carbocycles. The molecule has 1 N–H and O–H groups in total. The summed E-state index contributed by atoms with van der Waals surface area (Å²) in [5.74, 6) is 1.13. The molecule has 3 rings (SSSR count). The standard InChI is InChI=1S/C16H16ClNO3S/c1-9-5-12(10(2)22-9)16(19)18-8-11-6-13(17)15-14(7-11)20-3-4-21-15/h5-7H,3-4,8H2,1-2H3,(H,18,19). The highest BCUT2D eigenvalue weighted by Gasteiger charge is 2.17. The molecule has 2 aromatic rings. The van der Waals surface area contributed by atoms with Crippen LogP contribution < -0.4 is 14.8 Å². The van der Waals surface area contributed by atoms with Crippen molar-refractivity contribution >= 4 is 28.8 Å². The van der Waals surface area contributed by atoms with Crippen molar-refractivity contribution in [2.45, 2.75) is 20.4 Å². The van der Waals surface area contributed by atoms with E-state index < -0.39 is 0 Å². The Bertz CT molecular complexity index is 726. The Morgan fingerprint density at radius 1 is 1.27 bits per heavy atom. The van der Waals surface area contributed by atoms with Crippen molar-refractivity contribution < 1.29 is 14.3 Å². The van der Waals surface area contributed by atoms with Crippen molar-refractivity contribution in [1.82, 2.24) is 5.32 Å². The summed E-state index contributed by atoms with van der Waals surface area (Å²) in [4.78, 5) is 14.4. The SMILES string of the molecule is Cc1cc(C(=O)NCc2cc(Cl)c3c(c2)OCCO3)c(C)s1. The third-order valence-corrected chi connectivity index (χ3v) is 4.64. The molecule has 116 valence electrons. The van der Waals surface area contributed by atoms with Gasteiger partial charge in [-0.25, -0.2) is 0 Å². The zero-order chi connectivity index (χ0) is 15.7. The normalized spacial score (nSPS) is 13.0. The van der Waals surface area contributed by atoms with Gasteiger partial charge in [-0.2, -0.15) is 0 Å². The Morgan fingerprint density at radius 3 is 2.77 bits per heavy atom. The lowest BCUT2D eigenvalue weighted by atomic mass is 10.1. The fourth-order valence-electron chi connectivity index (χ4n) is 2.40. The van der Waals surface area contributed by atoms with Crippen LogP contribution in [-0.2, 0) is 6.54 Å². The van der Waals surface area contributed by atoms with E-state index in [1.165, 1.54) is 0 Å². The van der Waals surface area contributed by atoms with Crippen molar-refractivity contribution in [1.29, 1.82) is 0 Å². The molecule has 0 spiro atoms. The lowest BCUT2D eigenvalue weighted by Crippen LogP contribution is -2.23. The highest BCUT2D eigenvalue weighted by molar-refractivity contribution is 7.12. The van der Waals surface area contributed by atoms with Gasteiger partial charge in [0.25, 0.3) is 5.91 Å². The Balaban J connectivity index is 1.73. The fraction of sp³-hybridized carbons (Fsp3) is 0.312. The topological polar surface area (TPSA) is 47.6 Å². The summed E-state index contributed by atoms with van der Waals surface area (Å²) in [7, 11) is 0. The predicted octanol–water partition coefficient (Wildman–Crippen LogP) is 3.72. The molecular weight excluding hydrogens is 322 g/mol. The second kappa shape index (κ2) is 6.18. The van der Waals surface area contributed by atoms with Crippen LogP contribution in [0.25, 0.3) is 0 Å². The molecule has 0 saturated heterocycles. The number of rotatable bonds is 3. The van der Waals surface area contributed by atoms with Gasteiger partial charge in [-0.05, 0) is 37.6 Å². The summed E-state index contributed by atoms with van der Waals surface area (Å²) in [6, 6.07) is 5.56. The molecule has 0 bridgehead atoms. The van der Waals surface area contributed by atoms with Crippen LogP contribution in [0.15, 0.2) is 18.2 Å². The van der Waals surface area contributed by atoms with Gasteiger partial charge in [0.05, 0.1) is 10.6 Å². The zero-order valence-electron chi connectivity index (χ0n) is 12.4. The summed E-state index contributed by atoms with van der Waals surface area (Å²) in [5.41, 5.74) is 1.61. The Hall–Kier alpha value is -1.72. The number of carbonyl (C=O) groups is 1. The first-order valence-electron chi connectivity index (χ1n) is 6.98. The lowest BCUT2D eigenvalue weighted by Gasteiger charge is -2.20. The smallest absolute Gasteiger partial charge is 0.252 e. The van der Waals surface area contributed by atoms with E-state index in [1.54, 1.807) is 17.4 Å². The van der Waals surface area contributed by atoms with Crippen molar-refractivity contribution in [3.8, 4) is 11.5 Å². The van der Waals surface area contributed by atoms with Crippen LogP contribution in [0.5, 0.6) is 11.5 Å². The number of aryl methyl sites for hydroxylation is 2. The van der Waals surface area contributed by atoms with E-state index in [2.05, 4.69) is 5.32 Å². The van der Waals surface area contributed by atoms with Crippen LogP contribution in [0.2, 0.25) is 5.02 Å². The molecule has 0 unspecified atom stereocenters. The number of carbonyl (C=O) groups excluding carboxylic acids is 1. The predicted molar refractivity (Wildman–Crippen MR) is 87.4 cm³/mol. The monoisotopic (exact) mass is 337 g/mol. The molecule has 1 aliphatic rings. The van der Waals surface area contributed by atoms with Crippen LogP contribution >= 0.6 is 22.9 Å². The van der Waals surface area contributed by atoms with E-state index in [0.717, 1.165) is 20.9 Å². The average molecular weight is 338 g/mol. The van der Waals surface area contributed by atoms with Gasteiger partial charge in [0, 0.05) is 16.3 Å². The number of hydrogen-bond acceptors (Lipinski definition) is 4. The van der Waals surface area contributed by atoms with Crippen LogP contribution in [0, 0.1) is 13.8 Å². The maximum absolute atomic E-state index is 12.2. The van der Waals surface area contributed by atoms with Gasteiger partial charge in [-0.3, -0.25) is 4.79 Å². The molecule has 4 nitrogen and oxygen atoms in total. The summed E-state index contributed by atoms with van der Waals surface area (Å²) < 4.78 is 11.0. The number of amides is 1. The van der Waals surface area contributed by atoms with E-state index in [-0.39, 0.29) is 5.91 Å². The summed E-state index contributed by atoms with van der Waals surface area (Å²) >= 11 is 7.81. The molecule has 6 heteroatoms. The van der Waals surface area contributed by atoms with E-state index in [1.807, 2.05) is 26.0 Å². The Kier molecular flexibility index (Phi) is 4.27. The van der Waals surface area contributed by atoms with Crippen molar-refractivity contribution in [3.63, 3.8) is 0 Å². The van der Waals surface area contributed by atoms with Crippen LogP contribution in [-0.4, -0.2) is 19.1 Å². The van der Waals surface area contributed by atoms with Gasteiger partial charge in [0.1, 0.15) is 13.2 Å². The second-order valence-electron chi connectivity index (χ2n) is 5.11. The molecule has 0 fully saturated rings. The number of benzene rings is 1. The number of thiophene rings is 1. The Labute approximate surface area is 138 Å². The molecule has 2 heterocycles. The first-order valence-corrected chi connectivity index (χ1v) is 8.17. The minimum atomic E-state index is -0.0761. The van der Waals surface area contributed by atoms with Gasteiger partial charge in [-0.1, -0.05) is 11.6 Å². The number of halogens is 1. The van der Waals surface area contributed by atoms with Crippen LogP contribution in [0.4, 0.5) is 0 Å². The van der Waals surface area contributed by atoms with Crippen molar-refractivity contribution in [2.24, 2.45) is 0 Å². The third-order valence-electron chi connectivity index (χ3n) is 3.40. The van der Waals surface area contributed by atoms with Crippen molar-refractivity contribution in [3.05, 3.63) is 44.1 Å². The Morgan fingerprint density at radius 2 is 2.05 bits per heavy atom. The number of hydrogen-bond donors (Lipinski definition) is 1. The third kappa shape index (κ3) is 3.05. The van der Waals surface area contributed by atoms with Gasteiger partial charge < -0.3 is 14.8 Å². The van der Waals surface area contributed by atoms with E-state index >= 15 is 0 Å². The zero-order valence-corrected chi connectivity index (χ0v) is 13.9. The largest absolute Gasteiger partial charge is 0.486 e. The molecule has 1 aromatic heterocycles. The first-order chi connectivity index (χ1) is 10.5. The molecule has 0 aliphatic carbocycles. The number of nitrogens with one attached hydrogen (secondary N) is 1. The van der Waals surface area contributed by atoms with E-state index in [9.17, 15) is 4.79 Å². The second-order valence-corrected chi connectivity index (χ2v) is 6.98. The molecular formula is C16H16ClNO3S. The lowest BCUT2D eigenvalue weighted by molar-refractivity contribution is 0.0950. The van der Waals surface area contributed by atoms with Crippen LogP contribution in [0.1, 0.15) is 25.7 Å². The van der Waals surface area contributed by atoms with Crippen molar-refractivity contribution in [2.75, 3.05) is 13.2 Å². The minimum absolute atomic E-state index is 0.0761. The molecule has 22 heavy (non-hydrogen) atoms. The highest BCUT2D eigenvalue weighted by atomic mass is 35.5. The molecule has 1 aliphatic heterocycles. The van der Waals surface area contributed by atoms with Gasteiger partial charge in [-0.15, -0.1) is 11.3 Å². The summed E-state index contributed by atoms with van der Waals surface area (Å²) in [6.45, 7) is 5.35.